The van der Waals surface area contributed by atoms with Crippen molar-refractivity contribution in [2.24, 2.45) is 5.92 Å². The topological polar surface area (TPSA) is 29.5 Å². The monoisotopic (exact) mass is 228 g/mol. The summed E-state index contributed by atoms with van der Waals surface area (Å²) in [5.74, 6) is -0.519. The summed E-state index contributed by atoms with van der Waals surface area (Å²) in [5, 5.41) is 10.5. The standard InChI is InChI=1S/C12H24O2Si/c1-9-10(15(3,4)5)11(2)7-6-8-12(9,13)14-11/h9-10,13H,6-8H2,1-5H3/t9-,10+,11+,12-/m0/s1. The molecule has 2 aliphatic heterocycles. The molecule has 0 radical (unpaired) electrons. The molecule has 4 atom stereocenters. The Labute approximate surface area is 94.0 Å². The fourth-order valence-corrected chi connectivity index (χ4v) is 7.99. The Kier molecular flexibility index (Phi) is 2.39. The predicted octanol–water partition coefficient (Wildman–Crippen LogP) is 2.99. The van der Waals surface area contributed by atoms with Gasteiger partial charge in [0.15, 0.2) is 5.79 Å². The van der Waals surface area contributed by atoms with Gasteiger partial charge in [-0.3, -0.25) is 0 Å². The van der Waals surface area contributed by atoms with E-state index in [2.05, 4.69) is 33.5 Å². The quantitative estimate of drug-likeness (QED) is 0.699. The zero-order valence-electron chi connectivity index (χ0n) is 10.6. The lowest BCUT2D eigenvalue weighted by molar-refractivity contribution is -0.255. The predicted molar refractivity (Wildman–Crippen MR) is 64.6 cm³/mol. The fraction of sp³-hybridized carbons (Fsp3) is 1.00. The molecule has 0 amide bonds. The molecular formula is C12H24O2Si. The molecule has 0 saturated carbocycles. The van der Waals surface area contributed by atoms with Crippen molar-refractivity contribution in [1.29, 1.82) is 0 Å². The Balaban J connectivity index is 2.40. The highest BCUT2D eigenvalue weighted by Gasteiger charge is 2.62. The van der Waals surface area contributed by atoms with Gasteiger partial charge in [-0.2, -0.15) is 0 Å². The summed E-state index contributed by atoms with van der Waals surface area (Å²) in [6, 6.07) is 0. The number of rotatable bonds is 1. The van der Waals surface area contributed by atoms with Gasteiger partial charge in [0.2, 0.25) is 0 Å². The summed E-state index contributed by atoms with van der Waals surface area (Å²) in [6.07, 6.45) is 3.05. The molecule has 0 aromatic heterocycles. The van der Waals surface area contributed by atoms with Gasteiger partial charge in [-0.15, -0.1) is 0 Å². The molecule has 0 aliphatic carbocycles. The highest BCUT2D eigenvalue weighted by molar-refractivity contribution is 6.78. The van der Waals surface area contributed by atoms with Gasteiger partial charge in [0, 0.05) is 12.3 Å². The van der Waals surface area contributed by atoms with Gasteiger partial charge in [-0.1, -0.05) is 26.6 Å². The second-order valence-electron chi connectivity index (χ2n) is 6.75. The average Bonchev–Trinajstić information content (AvgIpc) is 2.12. The molecule has 2 rings (SSSR count). The van der Waals surface area contributed by atoms with E-state index in [4.69, 9.17) is 4.74 Å². The first-order valence-electron chi connectivity index (χ1n) is 6.12. The minimum Gasteiger partial charge on any atom is -0.365 e. The zero-order valence-corrected chi connectivity index (χ0v) is 11.6. The summed E-state index contributed by atoms with van der Waals surface area (Å²) in [7, 11) is -1.28. The van der Waals surface area contributed by atoms with Crippen molar-refractivity contribution in [2.45, 2.75) is 69.7 Å². The molecule has 0 aromatic rings. The maximum Gasteiger partial charge on any atom is 0.168 e. The maximum atomic E-state index is 10.5. The van der Waals surface area contributed by atoms with Crippen molar-refractivity contribution in [3.63, 3.8) is 0 Å². The van der Waals surface area contributed by atoms with Crippen LogP contribution in [0.1, 0.15) is 33.1 Å². The lowest BCUT2D eigenvalue weighted by Gasteiger charge is -2.40. The van der Waals surface area contributed by atoms with Crippen LogP contribution in [0.5, 0.6) is 0 Å². The third-order valence-corrected chi connectivity index (χ3v) is 7.40. The Hall–Kier alpha value is 0.137. The van der Waals surface area contributed by atoms with Gasteiger partial charge in [-0.05, 0) is 25.3 Å². The van der Waals surface area contributed by atoms with E-state index in [1.165, 1.54) is 0 Å². The maximum absolute atomic E-state index is 10.5. The molecule has 2 saturated heterocycles. The van der Waals surface area contributed by atoms with Crippen LogP contribution in [0.25, 0.3) is 0 Å². The Morgan fingerprint density at radius 2 is 1.87 bits per heavy atom. The van der Waals surface area contributed by atoms with Gasteiger partial charge < -0.3 is 9.84 Å². The number of fused-ring (bicyclic) bond motifs is 2. The number of aliphatic hydroxyl groups is 1. The molecule has 1 N–H and O–H groups in total. The van der Waals surface area contributed by atoms with Crippen LogP contribution in [-0.2, 0) is 4.74 Å². The van der Waals surface area contributed by atoms with Crippen molar-refractivity contribution in [2.75, 3.05) is 0 Å². The second-order valence-corrected chi connectivity index (χ2v) is 12.1. The van der Waals surface area contributed by atoms with E-state index in [0.29, 0.717) is 11.5 Å². The normalized spacial score (nSPS) is 50.8. The summed E-state index contributed by atoms with van der Waals surface area (Å²) in [4.78, 5) is 0. The second kappa shape index (κ2) is 3.08. The number of hydrogen-bond acceptors (Lipinski definition) is 2. The van der Waals surface area contributed by atoms with Gasteiger partial charge in [0.1, 0.15) is 0 Å². The SMILES string of the molecule is C[C@H]1[C@@H]([Si](C)(C)C)[C@@]2(C)CCC[C@]1(O)O2. The molecule has 2 bridgehead atoms. The molecule has 3 heteroatoms. The van der Waals surface area contributed by atoms with Crippen LogP contribution in [0.15, 0.2) is 0 Å². The van der Waals surface area contributed by atoms with Crippen LogP contribution in [0.4, 0.5) is 0 Å². The fourth-order valence-electron chi connectivity index (χ4n) is 4.19. The van der Waals surface area contributed by atoms with Crippen LogP contribution in [-0.4, -0.2) is 24.6 Å². The van der Waals surface area contributed by atoms with Crippen molar-refractivity contribution in [3.05, 3.63) is 0 Å². The zero-order chi connectivity index (χ0) is 11.5. The van der Waals surface area contributed by atoms with Gasteiger partial charge in [0.25, 0.3) is 0 Å². The van der Waals surface area contributed by atoms with Crippen molar-refractivity contribution < 1.29 is 9.84 Å². The minimum atomic E-state index is -1.28. The van der Waals surface area contributed by atoms with E-state index in [9.17, 15) is 5.11 Å². The van der Waals surface area contributed by atoms with Crippen LogP contribution in [0.2, 0.25) is 25.2 Å². The van der Waals surface area contributed by atoms with E-state index in [1.54, 1.807) is 0 Å². The lowest BCUT2D eigenvalue weighted by Crippen LogP contribution is -2.43. The Bertz CT molecular complexity index is 273. The van der Waals surface area contributed by atoms with Crippen LogP contribution >= 0.6 is 0 Å². The molecule has 0 spiro atoms. The summed E-state index contributed by atoms with van der Waals surface area (Å²) < 4.78 is 6.01. The smallest absolute Gasteiger partial charge is 0.168 e. The minimum absolute atomic E-state index is 0.0586. The van der Waals surface area contributed by atoms with E-state index in [-0.39, 0.29) is 5.60 Å². The first-order valence-corrected chi connectivity index (χ1v) is 9.69. The van der Waals surface area contributed by atoms with Crippen LogP contribution in [0, 0.1) is 5.92 Å². The largest absolute Gasteiger partial charge is 0.365 e. The van der Waals surface area contributed by atoms with E-state index in [0.717, 1.165) is 19.3 Å². The molecular weight excluding hydrogens is 204 g/mol. The highest BCUT2D eigenvalue weighted by atomic mass is 28.3. The van der Waals surface area contributed by atoms with Gasteiger partial charge in [-0.25, -0.2) is 0 Å². The summed E-state index contributed by atoms with van der Waals surface area (Å²) in [6.45, 7) is 11.6. The van der Waals surface area contributed by atoms with Crippen molar-refractivity contribution in [3.8, 4) is 0 Å². The molecule has 0 aromatic carbocycles. The van der Waals surface area contributed by atoms with Crippen molar-refractivity contribution >= 4 is 8.07 Å². The van der Waals surface area contributed by atoms with E-state index < -0.39 is 13.9 Å². The van der Waals surface area contributed by atoms with Gasteiger partial charge in [0.05, 0.1) is 13.7 Å². The molecule has 2 heterocycles. The van der Waals surface area contributed by atoms with E-state index >= 15 is 0 Å². The molecule has 2 fully saturated rings. The number of hydrogen-bond donors (Lipinski definition) is 1. The Morgan fingerprint density at radius 1 is 1.27 bits per heavy atom. The first-order chi connectivity index (χ1) is 6.69. The first kappa shape index (κ1) is 11.6. The summed E-state index contributed by atoms with van der Waals surface area (Å²) >= 11 is 0. The highest BCUT2D eigenvalue weighted by Crippen LogP contribution is 2.59. The van der Waals surface area contributed by atoms with Crippen molar-refractivity contribution in [1.82, 2.24) is 0 Å². The number of ether oxygens (including phenoxy) is 1. The average molecular weight is 228 g/mol. The lowest BCUT2D eigenvalue weighted by atomic mass is 9.93. The van der Waals surface area contributed by atoms with Crippen LogP contribution < -0.4 is 0 Å². The Morgan fingerprint density at radius 3 is 2.33 bits per heavy atom. The molecule has 15 heavy (non-hydrogen) atoms. The third kappa shape index (κ3) is 1.59. The summed E-state index contributed by atoms with van der Waals surface area (Å²) in [5.41, 5.74) is 0.522. The molecule has 2 nitrogen and oxygen atoms in total. The van der Waals surface area contributed by atoms with Gasteiger partial charge >= 0.3 is 0 Å². The third-order valence-electron chi connectivity index (χ3n) is 4.42. The van der Waals surface area contributed by atoms with E-state index in [1.807, 2.05) is 0 Å². The molecule has 0 unspecified atom stereocenters. The van der Waals surface area contributed by atoms with Crippen LogP contribution in [0.3, 0.4) is 0 Å². The molecule has 2 aliphatic rings. The molecule has 88 valence electrons.